The number of hydrogen-bond donors (Lipinski definition) is 1. The molecule has 0 unspecified atom stereocenters. The van der Waals surface area contributed by atoms with Crippen LogP contribution in [0.5, 0.6) is 0 Å². The molecule has 0 aromatic heterocycles. The van der Waals surface area contributed by atoms with Gasteiger partial charge in [-0.25, -0.2) is 4.79 Å². The highest BCUT2D eigenvalue weighted by Crippen LogP contribution is 2.27. The molecule has 0 bridgehead atoms. The number of aromatic carboxylic acids is 1. The summed E-state index contributed by atoms with van der Waals surface area (Å²) in [5.74, 6) is -0.985. The molecule has 0 atom stereocenters. The summed E-state index contributed by atoms with van der Waals surface area (Å²) in [7, 11) is 3.69. The number of rotatable bonds is 3. The van der Waals surface area contributed by atoms with Crippen molar-refractivity contribution in [2.75, 3.05) is 19.0 Å². The van der Waals surface area contributed by atoms with Crippen molar-refractivity contribution in [3.63, 3.8) is 0 Å². The average Bonchev–Trinajstić information content (AvgIpc) is 2.17. The standard InChI is InChI=1S/C10H10N2O2S/c1-12(2)9-4-3-7(10(13)14)5-8(9)11-6-15/h3-5H,1-2H3,(H,13,14). The second-order valence-electron chi connectivity index (χ2n) is 3.11. The number of nitrogens with zero attached hydrogens (tertiary/aromatic N) is 2. The van der Waals surface area contributed by atoms with Crippen LogP contribution in [0.4, 0.5) is 11.4 Å². The van der Waals surface area contributed by atoms with Gasteiger partial charge in [0.25, 0.3) is 0 Å². The summed E-state index contributed by atoms with van der Waals surface area (Å²) >= 11 is 4.51. The van der Waals surface area contributed by atoms with Crippen molar-refractivity contribution in [3.05, 3.63) is 23.8 Å². The highest BCUT2D eigenvalue weighted by Gasteiger charge is 2.08. The largest absolute Gasteiger partial charge is 0.478 e. The van der Waals surface area contributed by atoms with E-state index in [1.807, 2.05) is 19.0 Å². The molecule has 15 heavy (non-hydrogen) atoms. The van der Waals surface area contributed by atoms with E-state index >= 15 is 0 Å². The van der Waals surface area contributed by atoms with E-state index in [2.05, 4.69) is 22.4 Å². The van der Waals surface area contributed by atoms with Crippen molar-refractivity contribution >= 4 is 34.7 Å². The third-order valence-corrected chi connectivity index (χ3v) is 1.96. The topological polar surface area (TPSA) is 52.9 Å². The molecule has 0 heterocycles. The van der Waals surface area contributed by atoms with E-state index in [-0.39, 0.29) is 5.56 Å². The van der Waals surface area contributed by atoms with Crippen LogP contribution in [0.3, 0.4) is 0 Å². The molecule has 4 nitrogen and oxygen atoms in total. The molecular formula is C10H10N2O2S. The summed E-state index contributed by atoms with van der Waals surface area (Å²) in [6, 6.07) is 4.69. The van der Waals surface area contributed by atoms with Gasteiger partial charge < -0.3 is 10.0 Å². The van der Waals surface area contributed by atoms with Gasteiger partial charge in [0.1, 0.15) is 0 Å². The smallest absolute Gasteiger partial charge is 0.335 e. The first-order valence-electron chi connectivity index (χ1n) is 4.19. The first-order valence-corrected chi connectivity index (χ1v) is 4.59. The minimum atomic E-state index is -0.985. The quantitative estimate of drug-likeness (QED) is 0.629. The molecule has 1 rings (SSSR count). The fourth-order valence-electron chi connectivity index (χ4n) is 1.17. The second kappa shape index (κ2) is 4.68. The maximum Gasteiger partial charge on any atom is 0.335 e. The molecule has 1 aromatic carbocycles. The summed E-state index contributed by atoms with van der Waals surface area (Å²) in [4.78, 5) is 16.4. The van der Waals surface area contributed by atoms with Crippen LogP contribution in [-0.4, -0.2) is 30.3 Å². The number of carboxylic acids is 1. The van der Waals surface area contributed by atoms with E-state index < -0.39 is 5.97 Å². The van der Waals surface area contributed by atoms with Gasteiger partial charge >= 0.3 is 5.97 Å². The molecule has 0 saturated heterocycles. The van der Waals surface area contributed by atoms with E-state index in [1.54, 1.807) is 6.07 Å². The Morgan fingerprint density at radius 2 is 2.20 bits per heavy atom. The summed E-state index contributed by atoms with van der Waals surface area (Å²) in [6.45, 7) is 0. The normalized spacial score (nSPS) is 9.20. The maximum atomic E-state index is 10.7. The Morgan fingerprint density at radius 3 is 2.67 bits per heavy atom. The number of aliphatic imine (C=N–C) groups is 1. The number of anilines is 1. The Balaban J connectivity index is 3.32. The summed E-state index contributed by atoms with van der Waals surface area (Å²) in [5.41, 5.74) is 1.50. The zero-order chi connectivity index (χ0) is 11.4. The molecule has 0 amide bonds. The minimum Gasteiger partial charge on any atom is -0.478 e. The lowest BCUT2D eigenvalue weighted by molar-refractivity contribution is 0.0697. The Hall–Kier alpha value is -1.71. The molecule has 0 saturated carbocycles. The minimum absolute atomic E-state index is 0.185. The summed E-state index contributed by atoms with van der Waals surface area (Å²) in [5, 5.41) is 11.0. The molecule has 0 radical (unpaired) electrons. The van der Waals surface area contributed by atoms with Crippen LogP contribution in [0, 0.1) is 0 Å². The lowest BCUT2D eigenvalue weighted by Gasteiger charge is -2.14. The van der Waals surface area contributed by atoms with E-state index in [0.29, 0.717) is 5.69 Å². The molecule has 0 spiro atoms. The van der Waals surface area contributed by atoms with Crippen LogP contribution < -0.4 is 4.90 Å². The monoisotopic (exact) mass is 222 g/mol. The summed E-state index contributed by atoms with van der Waals surface area (Å²) in [6.07, 6.45) is 0. The zero-order valence-corrected chi connectivity index (χ0v) is 9.21. The lowest BCUT2D eigenvalue weighted by atomic mass is 10.1. The van der Waals surface area contributed by atoms with Gasteiger partial charge in [-0.3, -0.25) is 0 Å². The maximum absolute atomic E-state index is 10.7. The molecule has 1 N–H and O–H groups in total. The lowest BCUT2D eigenvalue weighted by Crippen LogP contribution is -2.09. The third kappa shape index (κ3) is 2.62. The molecule has 0 fully saturated rings. The van der Waals surface area contributed by atoms with Gasteiger partial charge in [-0.1, -0.05) is 0 Å². The van der Waals surface area contributed by atoms with Gasteiger partial charge in [0.05, 0.1) is 22.1 Å². The van der Waals surface area contributed by atoms with E-state index in [1.165, 1.54) is 12.1 Å². The first-order chi connectivity index (χ1) is 7.06. The van der Waals surface area contributed by atoms with Gasteiger partial charge in [0, 0.05) is 14.1 Å². The Kier molecular flexibility index (Phi) is 3.55. The van der Waals surface area contributed by atoms with Crippen molar-refractivity contribution in [2.45, 2.75) is 0 Å². The fraction of sp³-hybridized carbons (Fsp3) is 0.200. The van der Waals surface area contributed by atoms with Gasteiger partial charge in [-0.2, -0.15) is 4.99 Å². The van der Waals surface area contributed by atoms with Crippen LogP contribution >= 0.6 is 12.2 Å². The van der Waals surface area contributed by atoms with Crippen LogP contribution in [0.25, 0.3) is 0 Å². The summed E-state index contributed by atoms with van der Waals surface area (Å²) < 4.78 is 0. The van der Waals surface area contributed by atoms with Crippen LogP contribution in [0.1, 0.15) is 10.4 Å². The molecule has 0 aliphatic carbocycles. The van der Waals surface area contributed by atoms with Crippen molar-refractivity contribution in [1.82, 2.24) is 0 Å². The van der Waals surface area contributed by atoms with Gasteiger partial charge in [0.2, 0.25) is 0 Å². The third-order valence-electron chi connectivity index (χ3n) is 1.87. The van der Waals surface area contributed by atoms with Gasteiger partial charge in [0.15, 0.2) is 0 Å². The Labute approximate surface area is 92.9 Å². The predicted molar refractivity (Wildman–Crippen MR) is 62.4 cm³/mol. The van der Waals surface area contributed by atoms with E-state index in [4.69, 9.17) is 5.11 Å². The molecule has 78 valence electrons. The van der Waals surface area contributed by atoms with Crippen molar-refractivity contribution in [2.24, 2.45) is 4.99 Å². The number of carboxylic acid groups (broad SMARTS) is 1. The van der Waals surface area contributed by atoms with Gasteiger partial charge in [-0.15, -0.1) is 0 Å². The number of benzene rings is 1. The van der Waals surface area contributed by atoms with Crippen LogP contribution in [-0.2, 0) is 0 Å². The number of hydrogen-bond acceptors (Lipinski definition) is 4. The molecule has 5 heteroatoms. The number of carbonyl (C=O) groups is 1. The highest BCUT2D eigenvalue weighted by molar-refractivity contribution is 7.78. The Morgan fingerprint density at radius 1 is 1.53 bits per heavy atom. The van der Waals surface area contributed by atoms with Crippen LogP contribution in [0.15, 0.2) is 23.2 Å². The number of isothiocyanates is 1. The van der Waals surface area contributed by atoms with Crippen molar-refractivity contribution in [1.29, 1.82) is 0 Å². The molecular weight excluding hydrogens is 212 g/mol. The van der Waals surface area contributed by atoms with E-state index in [0.717, 1.165) is 5.69 Å². The SMILES string of the molecule is CN(C)c1ccc(C(=O)O)cc1N=C=S. The fourth-order valence-corrected chi connectivity index (χ4v) is 1.27. The first kappa shape index (κ1) is 11.4. The zero-order valence-electron chi connectivity index (χ0n) is 8.39. The average molecular weight is 222 g/mol. The molecule has 0 aliphatic heterocycles. The predicted octanol–water partition coefficient (Wildman–Crippen LogP) is 2.19. The van der Waals surface area contributed by atoms with Crippen molar-refractivity contribution in [3.8, 4) is 0 Å². The second-order valence-corrected chi connectivity index (χ2v) is 3.29. The van der Waals surface area contributed by atoms with Crippen molar-refractivity contribution < 1.29 is 9.90 Å². The van der Waals surface area contributed by atoms with Gasteiger partial charge in [-0.05, 0) is 30.4 Å². The van der Waals surface area contributed by atoms with E-state index in [9.17, 15) is 4.79 Å². The number of thiocarbonyl (C=S) groups is 1. The highest BCUT2D eigenvalue weighted by atomic mass is 32.1. The molecule has 1 aromatic rings. The molecule has 0 aliphatic rings. The Bertz CT molecular complexity index is 437. The van der Waals surface area contributed by atoms with Crippen LogP contribution in [0.2, 0.25) is 0 Å².